The van der Waals surface area contributed by atoms with E-state index in [0.29, 0.717) is 6.54 Å². The third-order valence-electron chi connectivity index (χ3n) is 2.70. The fraction of sp³-hybridized carbons (Fsp3) is 0.143. The number of nitrogens with two attached hydrogens (primary N) is 2. The molecule has 0 amide bonds. The molecule has 16 heavy (non-hydrogen) atoms. The quantitative estimate of drug-likeness (QED) is 0.820. The van der Waals surface area contributed by atoms with Gasteiger partial charge in [-0.3, -0.25) is 0 Å². The molecule has 0 fully saturated rings. The van der Waals surface area contributed by atoms with E-state index in [9.17, 15) is 0 Å². The standard InChI is InChI=1S/C14H16N2/c15-10-14(16)13-9-5-4-8-12(13)11-6-2-1-3-7-11/h1-9,14H,10,15-16H2/t14-/m0/s1. The molecule has 0 unspecified atom stereocenters. The van der Waals surface area contributed by atoms with Crippen molar-refractivity contribution in [3.63, 3.8) is 0 Å². The molecule has 0 saturated heterocycles. The lowest BCUT2D eigenvalue weighted by molar-refractivity contribution is 0.739. The van der Waals surface area contributed by atoms with E-state index in [1.54, 1.807) is 0 Å². The molecule has 4 N–H and O–H groups in total. The van der Waals surface area contributed by atoms with Crippen LogP contribution in [0.2, 0.25) is 0 Å². The van der Waals surface area contributed by atoms with Gasteiger partial charge in [-0.15, -0.1) is 0 Å². The molecule has 2 aromatic carbocycles. The van der Waals surface area contributed by atoms with Crippen molar-refractivity contribution < 1.29 is 0 Å². The fourth-order valence-electron chi connectivity index (χ4n) is 1.83. The Bertz CT molecular complexity index is 451. The summed E-state index contributed by atoms with van der Waals surface area (Å²) < 4.78 is 0. The Morgan fingerprint density at radius 1 is 0.875 bits per heavy atom. The van der Waals surface area contributed by atoms with Gasteiger partial charge in [0.15, 0.2) is 0 Å². The van der Waals surface area contributed by atoms with Crippen LogP contribution in [0.5, 0.6) is 0 Å². The summed E-state index contributed by atoms with van der Waals surface area (Å²) in [5, 5.41) is 0. The van der Waals surface area contributed by atoms with Gasteiger partial charge in [-0.05, 0) is 16.7 Å². The molecule has 0 aliphatic carbocycles. The average molecular weight is 212 g/mol. The Labute approximate surface area is 95.9 Å². The number of benzene rings is 2. The van der Waals surface area contributed by atoms with E-state index in [1.807, 2.05) is 36.4 Å². The second-order valence-electron chi connectivity index (χ2n) is 3.80. The molecule has 0 heterocycles. The Hall–Kier alpha value is -1.64. The van der Waals surface area contributed by atoms with Crippen LogP contribution in [0.1, 0.15) is 11.6 Å². The van der Waals surface area contributed by atoms with E-state index >= 15 is 0 Å². The molecule has 0 spiro atoms. The van der Waals surface area contributed by atoms with Gasteiger partial charge in [0, 0.05) is 12.6 Å². The minimum Gasteiger partial charge on any atom is -0.329 e. The number of hydrogen-bond acceptors (Lipinski definition) is 2. The lowest BCUT2D eigenvalue weighted by Gasteiger charge is -2.14. The first kappa shape index (κ1) is 10.9. The Kier molecular flexibility index (Phi) is 3.34. The largest absolute Gasteiger partial charge is 0.329 e. The molecule has 1 atom stereocenters. The molecule has 0 aliphatic heterocycles. The molecule has 2 rings (SSSR count). The first-order valence-corrected chi connectivity index (χ1v) is 5.43. The summed E-state index contributed by atoms with van der Waals surface area (Å²) in [5.74, 6) is 0. The molecule has 0 bridgehead atoms. The molecule has 82 valence electrons. The van der Waals surface area contributed by atoms with E-state index in [1.165, 1.54) is 11.1 Å². The SMILES string of the molecule is NC[C@H](N)c1ccccc1-c1ccccc1. The average Bonchev–Trinajstić information content (AvgIpc) is 2.39. The van der Waals surface area contributed by atoms with E-state index < -0.39 is 0 Å². The highest BCUT2D eigenvalue weighted by atomic mass is 14.7. The molecular weight excluding hydrogens is 196 g/mol. The number of hydrogen-bond donors (Lipinski definition) is 2. The number of rotatable bonds is 3. The summed E-state index contributed by atoms with van der Waals surface area (Å²) in [7, 11) is 0. The summed E-state index contributed by atoms with van der Waals surface area (Å²) in [6.45, 7) is 0.462. The zero-order valence-corrected chi connectivity index (χ0v) is 9.14. The van der Waals surface area contributed by atoms with Gasteiger partial charge in [0.05, 0.1) is 0 Å². The van der Waals surface area contributed by atoms with Gasteiger partial charge in [0.2, 0.25) is 0 Å². The highest BCUT2D eigenvalue weighted by Crippen LogP contribution is 2.26. The van der Waals surface area contributed by atoms with Gasteiger partial charge in [-0.25, -0.2) is 0 Å². The van der Waals surface area contributed by atoms with Crippen LogP contribution in [-0.4, -0.2) is 6.54 Å². The maximum absolute atomic E-state index is 6.01. The second kappa shape index (κ2) is 4.92. The molecule has 2 aromatic rings. The van der Waals surface area contributed by atoms with E-state index in [-0.39, 0.29) is 6.04 Å². The molecule has 0 aromatic heterocycles. The van der Waals surface area contributed by atoms with Crippen molar-refractivity contribution in [2.75, 3.05) is 6.54 Å². The van der Waals surface area contributed by atoms with Crippen LogP contribution in [0, 0.1) is 0 Å². The van der Waals surface area contributed by atoms with Crippen molar-refractivity contribution in [2.24, 2.45) is 11.5 Å². The maximum Gasteiger partial charge on any atom is 0.0425 e. The van der Waals surface area contributed by atoms with Gasteiger partial charge in [-0.1, -0.05) is 54.6 Å². The van der Waals surface area contributed by atoms with E-state index in [2.05, 4.69) is 18.2 Å². The fourth-order valence-corrected chi connectivity index (χ4v) is 1.83. The predicted molar refractivity (Wildman–Crippen MR) is 67.9 cm³/mol. The second-order valence-corrected chi connectivity index (χ2v) is 3.80. The predicted octanol–water partition coefficient (Wildman–Crippen LogP) is 2.31. The Balaban J connectivity index is 2.49. The Morgan fingerprint density at radius 3 is 2.19 bits per heavy atom. The minimum absolute atomic E-state index is 0.101. The summed E-state index contributed by atoms with van der Waals surface area (Å²) in [6, 6.07) is 18.3. The van der Waals surface area contributed by atoms with Crippen LogP contribution in [0.25, 0.3) is 11.1 Å². The topological polar surface area (TPSA) is 52.0 Å². The lowest BCUT2D eigenvalue weighted by Crippen LogP contribution is -2.21. The van der Waals surface area contributed by atoms with Crippen molar-refractivity contribution in [3.8, 4) is 11.1 Å². The molecule has 2 heteroatoms. The summed E-state index contributed by atoms with van der Waals surface area (Å²) >= 11 is 0. The highest BCUT2D eigenvalue weighted by molar-refractivity contribution is 5.67. The Morgan fingerprint density at radius 2 is 1.50 bits per heavy atom. The first-order valence-electron chi connectivity index (χ1n) is 5.43. The van der Waals surface area contributed by atoms with Gasteiger partial charge in [0.1, 0.15) is 0 Å². The van der Waals surface area contributed by atoms with Crippen LogP contribution in [0.15, 0.2) is 54.6 Å². The zero-order valence-electron chi connectivity index (χ0n) is 9.14. The van der Waals surface area contributed by atoms with Crippen molar-refractivity contribution in [3.05, 3.63) is 60.2 Å². The van der Waals surface area contributed by atoms with Crippen LogP contribution in [0.3, 0.4) is 0 Å². The van der Waals surface area contributed by atoms with Crippen LogP contribution in [-0.2, 0) is 0 Å². The molecule has 0 aliphatic rings. The molecule has 2 nitrogen and oxygen atoms in total. The van der Waals surface area contributed by atoms with Crippen molar-refractivity contribution in [1.82, 2.24) is 0 Å². The first-order chi connectivity index (χ1) is 7.83. The van der Waals surface area contributed by atoms with Crippen LogP contribution < -0.4 is 11.5 Å². The van der Waals surface area contributed by atoms with Gasteiger partial charge in [0.25, 0.3) is 0 Å². The zero-order chi connectivity index (χ0) is 11.4. The normalized spacial score (nSPS) is 12.4. The molecule has 0 saturated carbocycles. The monoisotopic (exact) mass is 212 g/mol. The van der Waals surface area contributed by atoms with Gasteiger partial charge in [-0.2, -0.15) is 0 Å². The third kappa shape index (κ3) is 2.13. The van der Waals surface area contributed by atoms with Gasteiger partial charge < -0.3 is 11.5 Å². The maximum atomic E-state index is 6.01. The van der Waals surface area contributed by atoms with Crippen molar-refractivity contribution >= 4 is 0 Å². The summed E-state index contributed by atoms with van der Waals surface area (Å²) in [5.41, 5.74) is 15.1. The van der Waals surface area contributed by atoms with Crippen LogP contribution in [0.4, 0.5) is 0 Å². The van der Waals surface area contributed by atoms with Gasteiger partial charge >= 0.3 is 0 Å². The van der Waals surface area contributed by atoms with Crippen molar-refractivity contribution in [1.29, 1.82) is 0 Å². The summed E-state index contributed by atoms with van der Waals surface area (Å²) in [4.78, 5) is 0. The van der Waals surface area contributed by atoms with E-state index in [0.717, 1.165) is 5.56 Å². The van der Waals surface area contributed by atoms with Crippen molar-refractivity contribution in [2.45, 2.75) is 6.04 Å². The van der Waals surface area contributed by atoms with Crippen LogP contribution >= 0.6 is 0 Å². The van der Waals surface area contributed by atoms with E-state index in [4.69, 9.17) is 11.5 Å². The highest BCUT2D eigenvalue weighted by Gasteiger charge is 2.09. The smallest absolute Gasteiger partial charge is 0.0425 e. The molecule has 0 radical (unpaired) electrons. The minimum atomic E-state index is -0.101. The third-order valence-corrected chi connectivity index (χ3v) is 2.70. The summed E-state index contributed by atoms with van der Waals surface area (Å²) in [6.07, 6.45) is 0. The molecular formula is C14H16N2. The lowest BCUT2D eigenvalue weighted by atomic mass is 9.95.